The number of rotatable bonds is 0. The summed E-state index contributed by atoms with van der Waals surface area (Å²) in [7, 11) is 4.34. The summed E-state index contributed by atoms with van der Waals surface area (Å²) >= 11 is 9.27. The molecule has 0 aliphatic carbocycles. The number of aromatic nitrogens is 2. The summed E-state index contributed by atoms with van der Waals surface area (Å²) in [5.74, 6) is 0. The van der Waals surface area contributed by atoms with E-state index in [4.69, 9.17) is 10.5 Å². The first kappa shape index (κ1) is 21.8. The zero-order chi connectivity index (χ0) is 20.7. The monoisotopic (exact) mass is 488 g/mol. The Morgan fingerprint density at radius 3 is 2.18 bits per heavy atom. The standard InChI is InChI=1S/C8H3BrN2OS.C8H4N2OS.BHNS/c9-6-1-5-7(13-6)4(2-10)3-11-8(5)12;9-3-5-4-10-8(11)6-1-2-12-7(5)6;1-2-3/h1,3H,(H,11,12);1-2,4H,(H,10,11);3H. The van der Waals surface area contributed by atoms with Crippen molar-refractivity contribution in [2.45, 2.75) is 0 Å². The number of H-pyrrole nitrogens is 2. The van der Waals surface area contributed by atoms with Gasteiger partial charge in [-0.05, 0) is 33.4 Å². The summed E-state index contributed by atoms with van der Waals surface area (Å²) < 4.78 is 5.05. The van der Waals surface area contributed by atoms with Crippen molar-refractivity contribution in [1.82, 2.24) is 9.97 Å². The van der Waals surface area contributed by atoms with E-state index >= 15 is 0 Å². The second-order valence-corrected chi connectivity index (χ2v) is 8.44. The van der Waals surface area contributed by atoms with Gasteiger partial charge in [0.05, 0.1) is 35.1 Å². The van der Waals surface area contributed by atoms with E-state index in [0.717, 1.165) is 13.2 Å². The van der Waals surface area contributed by atoms with Gasteiger partial charge in [-0.15, -0.1) is 22.7 Å². The van der Waals surface area contributed by atoms with Gasteiger partial charge in [0, 0.05) is 12.4 Å². The molecule has 0 saturated carbocycles. The number of thiophene rings is 2. The number of halogens is 1. The molecule has 4 aromatic rings. The molecule has 2 N–H and O–H groups in total. The molecular formula is C16H8BBrN5O2S3. The number of nitrogens with zero attached hydrogens (tertiary/aromatic N) is 3. The first-order chi connectivity index (χ1) is 13.5. The van der Waals surface area contributed by atoms with E-state index < -0.39 is 0 Å². The van der Waals surface area contributed by atoms with Gasteiger partial charge in [-0.25, -0.2) is 0 Å². The van der Waals surface area contributed by atoms with Crippen LogP contribution in [0.25, 0.3) is 20.2 Å². The van der Waals surface area contributed by atoms with Crippen molar-refractivity contribution in [1.29, 1.82) is 10.5 Å². The maximum absolute atomic E-state index is 11.3. The molecule has 0 aliphatic heterocycles. The van der Waals surface area contributed by atoms with Crippen LogP contribution in [0.15, 0.2) is 47.6 Å². The van der Waals surface area contributed by atoms with Crippen molar-refractivity contribution < 1.29 is 0 Å². The molecule has 0 spiro atoms. The minimum absolute atomic E-state index is 0.134. The molecule has 7 nitrogen and oxygen atoms in total. The average Bonchev–Trinajstić information content (AvgIpc) is 3.31. The van der Waals surface area contributed by atoms with E-state index in [9.17, 15) is 9.59 Å². The van der Waals surface area contributed by atoms with Gasteiger partial charge in [0.15, 0.2) is 0 Å². The van der Waals surface area contributed by atoms with Gasteiger partial charge in [-0.1, -0.05) is 0 Å². The number of fused-ring (bicyclic) bond motifs is 2. The van der Waals surface area contributed by atoms with E-state index in [1.807, 2.05) is 12.1 Å². The number of nitrogens with one attached hydrogen (secondary N) is 2. The van der Waals surface area contributed by atoms with Crippen LogP contribution in [-0.4, -0.2) is 17.6 Å². The Morgan fingerprint density at radius 1 is 1.07 bits per heavy atom. The zero-order valence-electron chi connectivity index (χ0n) is 13.8. The second-order valence-electron chi connectivity index (χ2n) is 4.86. The van der Waals surface area contributed by atoms with Crippen LogP contribution in [0.2, 0.25) is 0 Å². The summed E-state index contributed by atoms with van der Waals surface area (Å²) in [4.78, 5) is 27.5. The van der Waals surface area contributed by atoms with Crippen LogP contribution in [0.3, 0.4) is 0 Å². The molecule has 28 heavy (non-hydrogen) atoms. The number of thiol groups is 1. The summed E-state index contributed by atoms with van der Waals surface area (Å²) in [6.45, 7) is 0. The van der Waals surface area contributed by atoms with Gasteiger partial charge in [0.1, 0.15) is 12.1 Å². The Balaban J connectivity index is 0.000000176. The van der Waals surface area contributed by atoms with Gasteiger partial charge in [-0.3, -0.25) is 9.59 Å². The fourth-order valence-corrected chi connectivity index (χ4v) is 4.58. The first-order valence-electron chi connectivity index (χ1n) is 7.20. The third kappa shape index (κ3) is 4.85. The van der Waals surface area contributed by atoms with Crippen LogP contribution in [0.1, 0.15) is 11.1 Å². The van der Waals surface area contributed by atoms with Crippen LogP contribution in [0, 0.1) is 22.7 Å². The molecule has 0 amide bonds. The zero-order valence-corrected chi connectivity index (χ0v) is 17.9. The second kappa shape index (κ2) is 10.2. The number of aromatic amines is 2. The summed E-state index contributed by atoms with van der Waals surface area (Å²) in [6.07, 6.45) is 2.88. The Labute approximate surface area is 181 Å². The molecule has 0 aromatic carbocycles. The number of pyridine rings is 2. The first-order valence-corrected chi connectivity index (χ1v) is 10.1. The third-order valence-corrected chi connectivity index (χ3v) is 5.90. The normalized spacial score (nSPS) is 9.39. The fraction of sp³-hybridized carbons (Fsp3) is 0. The van der Waals surface area contributed by atoms with Gasteiger partial charge in [-0.2, -0.15) is 10.5 Å². The Morgan fingerprint density at radius 2 is 1.61 bits per heavy atom. The summed E-state index contributed by atoms with van der Waals surface area (Å²) in [5.41, 5.74) is 0.742. The van der Waals surface area contributed by atoms with Crippen LogP contribution >= 0.6 is 51.4 Å². The molecule has 0 bridgehead atoms. The Kier molecular flexibility index (Phi) is 7.90. The van der Waals surface area contributed by atoms with Crippen LogP contribution in [0.4, 0.5) is 0 Å². The summed E-state index contributed by atoms with van der Waals surface area (Å²) in [5, 5.41) is 20.4. The Bertz CT molecular complexity index is 1340. The van der Waals surface area contributed by atoms with Crippen molar-refractivity contribution in [2.24, 2.45) is 4.30 Å². The molecule has 137 valence electrons. The number of nitriles is 2. The van der Waals surface area contributed by atoms with Crippen LogP contribution in [0.5, 0.6) is 0 Å². The molecule has 0 aliphatic rings. The molecule has 4 aromatic heterocycles. The summed E-state index contributed by atoms with van der Waals surface area (Å²) in [6, 6.07) is 7.50. The molecular weight excluding hydrogens is 481 g/mol. The van der Waals surface area contributed by atoms with Crippen molar-refractivity contribution >= 4 is 79.2 Å². The van der Waals surface area contributed by atoms with Crippen molar-refractivity contribution in [2.75, 3.05) is 0 Å². The van der Waals surface area contributed by atoms with Gasteiger partial charge >= 0.3 is 24.8 Å². The molecule has 0 unspecified atom stereocenters. The van der Waals surface area contributed by atoms with Gasteiger partial charge in [0.2, 0.25) is 0 Å². The van der Waals surface area contributed by atoms with E-state index in [2.05, 4.69) is 50.7 Å². The quantitative estimate of drug-likeness (QED) is 0.256. The molecule has 0 fully saturated rings. The van der Waals surface area contributed by atoms with Crippen molar-refractivity contribution in [3.63, 3.8) is 0 Å². The molecule has 1 radical (unpaired) electrons. The number of hydrogen-bond donors (Lipinski definition) is 3. The van der Waals surface area contributed by atoms with Crippen LogP contribution in [-0.2, 0) is 0 Å². The fourth-order valence-electron chi connectivity index (χ4n) is 2.15. The van der Waals surface area contributed by atoms with Crippen LogP contribution < -0.4 is 11.1 Å². The predicted molar refractivity (Wildman–Crippen MR) is 119 cm³/mol. The van der Waals surface area contributed by atoms with E-state index in [1.54, 1.807) is 17.5 Å². The molecule has 0 saturated heterocycles. The number of hydrogen-bond acceptors (Lipinski definition) is 8. The molecule has 0 atom stereocenters. The maximum atomic E-state index is 11.3. The topological polar surface area (TPSA) is 126 Å². The van der Waals surface area contributed by atoms with E-state index in [-0.39, 0.29) is 11.1 Å². The molecule has 12 heteroatoms. The molecule has 4 rings (SSSR count). The van der Waals surface area contributed by atoms with Crippen molar-refractivity contribution in [3.05, 3.63) is 65.5 Å². The average molecular weight is 489 g/mol. The van der Waals surface area contributed by atoms with Gasteiger partial charge < -0.3 is 9.97 Å². The minimum atomic E-state index is -0.157. The van der Waals surface area contributed by atoms with Crippen molar-refractivity contribution in [3.8, 4) is 12.1 Å². The Hall–Kier alpha value is -2.51. The van der Waals surface area contributed by atoms with Gasteiger partial charge in [0.25, 0.3) is 11.1 Å². The third-order valence-electron chi connectivity index (χ3n) is 3.28. The predicted octanol–water partition coefficient (Wildman–Crippen LogP) is 3.87. The van der Waals surface area contributed by atoms with E-state index in [1.165, 1.54) is 35.1 Å². The molecule has 4 heterocycles. The van der Waals surface area contributed by atoms with E-state index in [0.29, 0.717) is 21.9 Å². The SMILES string of the molecule is N#Cc1c[nH]c(=O)c2cc(Br)sc12.N#Cc1c[nH]c(=O)c2ccsc12.[B]=NS.